The summed E-state index contributed by atoms with van der Waals surface area (Å²) in [4.78, 5) is 46.0. The first kappa shape index (κ1) is 31.4. The molecular formula is C33H48N4O3S. The van der Waals surface area contributed by atoms with Gasteiger partial charge in [-0.05, 0) is 80.8 Å². The zero-order chi connectivity index (χ0) is 29.2. The van der Waals surface area contributed by atoms with Crippen LogP contribution in [0.2, 0.25) is 0 Å². The number of nitrogens with zero attached hydrogens (tertiary/aromatic N) is 2. The van der Waals surface area contributed by atoms with E-state index in [0.29, 0.717) is 31.1 Å². The van der Waals surface area contributed by atoms with E-state index in [1.807, 2.05) is 12.1 Å². The quantitative estimate of drug-likeness (QED) is 0.277. The molecule has 4 rings (SSSR count). The van der Waals surface area contributed by atoms with Crippen molar-refractivity contribution in [3.63, 3.8) is 0 Å². The number of hydrogen-bond acceptors (Lipinski definition) is 6. The monoisotopic (exact) mass is 580 g/mol. The summed E-state index contributed by atoms with van der Waals surface area (Å²) >= 11 is 1.61. The van der Waals surface area contributed by atoms with Crippen molar-refractivity contribution < 1.29 is 14.4 Å². The summed E-state index contributed by atoms with van der Waals surface area (Å²) in [5, 5.41) is 6.86. The van der Waals surface area contributed by atoms with Gasteiger partial charge < -0.3 is 10.6 Å². The Hall–Kier alpha value is -2.58. The highest BCUT2D eigenvalue weighted by atomic mass is 32.1. The molecule has 8 heteroatoms. The number of piperidine rings is 1. The van der Waals surface area contributed by atoms with E-state index in [2.05, 4.69) is 41.5 Å². The van der Waals surface area contributed by atoms with Crippen molar-refractivity contribution in [1.29, 1.82) is 0 Å². The lowest BCUT2D eigenvalue weighted by atomic mass is 9.91. The second-order valence-electron chi connectivity index (χ2n) is 12.2. The molecule has 41 heavy (non-hydrogen) atoms. The van der Waals surface area contributed by atoms with Gasteiger partial charge in [-0.3, -0.25) is 19.3 Å². The number of benzene rings is 1. The van der Waals surface area contributed by atoms with Crippen molar-refractivity contribution in [1.82, 2.24) is 20.5 Å². The Morgan fingerprint density at radius 3 is 2.56 bits per heavy atom. The highest BCUT2D eigenvalue weighted by Crippen LogP contribution is 2.31. The third-order valence-electron chi connectivity index (χ3n) is 8.74. The molecule has 0 unspecified atom stereocenters. The first-order chi connectivity index (χ1) is 19.8. The number of fused-ring (bicyclic) bond motifs is 1. The predicted molar refractivity (Wildman–Crippen MR) is 167 cm³/mol. The highest BCUT2D eigenvalue weighted by molar-refractivity contribution is 7.18. The summed E-state index contributed by atoms with van der Waals surface area (Å²) in [6, 6.07) is 6.29. The number of rotatable bonds is 14. The van der Waals surface area contributed by atoms with Gasteiger partial charge in [0.15, 0.2) is 5.78 Å². The molecule has 2 fully saturated rings. The Bertz CT molecular complexity index is 1190. The fourth-order valence-electron chi connectivity index (χ4n) is 6.17. The Labute approximate surface area is 249 Å². The fraction of sp³-hybridized carbons (Fsp3) is 0.636. The van der Waals surface area contributed by atoms with Crippen LogP contribution >= 0.6 is 11.3 Å². The molecule has 2 aromatic rings. The van der Waals surface area contributed by atoms with E-state index in [1.54, 1.807) is 24.5 Å². The van der Waals surface area contributed by atoms with Crippen molar-refractivity contribution >= 4 is 39.2 Å². The summed E-state index contributed by atoms with van der Waals surface area (Å²) in [7, 11) is 1.61. The normalized spacial score (nSPS) is 18.2. The van der Waals surface area contributed by atoms with Crippen LogP contribution in [0.5, 0.6) is 0 Å². The Balaban J connectivity index is 1.40. The van der Waals surface area contributed by atoms with Gasteiger partial charge in [-0.1, -0.05) is 45.3 Å². The molecule has 1 saturated carbocycles. The number of allylic oxidation sites excluding steroid dienone is 1. The van der Waals surface area contributed by atoms with Crippen LogP contribution in [0.1, 0.15) is 94.5 Å². The van der Waals surface area contributed by atoms with Crippen molar-refractivity contribution in [2.24, 2.45) is 11.8 Å². The van der Waals surface area contributed by atoms with E-state index in [-0.39, 0.29) is 30.1 Å². The minimum Gasteiger partial charge on any atom is -0.359 e. The molecule has 1 aliphatic heterocycles. The van der Waals surface area contributed by atoms with Crippen LogP contribution < -0.4 is 10.6 Å². The van der Waals surface area contributed by atoms with Crippen LogP contribution in [0.25, 0.3) is 10.2 Å². The van der Waals surface area contributed by atoms with E-state index in [1.165, 1.54) is 24.8 Å². The maximum absolute atomic E-state index is 13.7. The topological polar surface area (TPSA) is 91.4 Å². The highest BCUT2D eigenvalue weighted by Gasteiger charge is 2.30. The molecule has 2 heterocycles. The van der Waals surface area contributed by atoms with Gasteiger partial charge in [-0.25, -0.2) is 4.98 Å². The predicted octanol–water partition coefficient (Wildman–Crippen LogP) is 5.78. The number of likely N-dealkylation sites (tertiary alicyclic amines) is 1. The van der Waals surface area contributed by atoms with Crippen LogP contribution in [0.4, 0.5) is 0 Å². The van der Waals surface area contributed by atoms with Gasteiger partial charge in [0.2, 0.25) is 11.8 Å². The van der Waals surface area contributed by atoms with Gasteiger partial charge in [0.1, 0.15) is 0 Å². The molecule has 0 radical (unpaired) electrons. The molecule has 1 aromatic heterocycles. The lowest BCUT2D eigenvalue weighted by molar-refractivity contribution is -0.131. The molecule has 2 N–H and O–H groups in total. The molecule has 0 spiro atoms. The number of ketones is 1. The van der Waals surface area contributed by atoms with Crippen LogP contribution in [0.3, 0.4) is 0 Å². The zero-order valence-corrected chi connectivity index (χ0v) is 25.9. The third-order valence-corrected chi connectivity index (χ3v) is 9.78. The van der Waals surface area contributed by atoms with Crippen molar-refractivity contribution in [2.75, 3.05) is 26.7 Å². The van der Waals surface area contributed by atoms with Gasteiger partial charge in [0.25, 0.3) is 0 Å². The maximum Gasteiger partial charge on any atom is 0.224 e. The van der Waals surface area contributed by atoms with Gasteiger partial charge >= 0.3 is 0 Å². The molecule has 1 saturated heterocycles. The second-order valence-corrected chi connectivity index (χ2v) is 13.3. The van der Waals surface area contributed by atoms with Crippen LogP contribution in [0, 0.1) is 11.8 Å². The van der Waals surface area contributed by atoms with Crippen LogP contribution in [0.15, 0.2) is 30.4 Å². The number of thiazole rings is 1. The lowest BCUT2D eigenvalue weighted by Crippen LogP contribution is -2.44. The second kappa shape index (κ2) is 15.6. The molecule has 7 nitrogen and oxygen atoms in total. The summed E-state index contributed by atoms with van der Waals surface area (Å²) in [6.07, 6.45) is 13.6. The van der Waals surface area contributed by atoms with Crippen LogP contribution in [-0.2, 0) is 20.8 Å². The van der Waals surface area contributed by atoms with E-state index in [4.69, 9.17) is 4.98 Å². The molecule has 224 valence electrons. The van der Waals surface area contributed by atoms with E-state index in [0.717, 1.165) is 60.5 Å². The van der Waals surface area contributed by atoms with E-state index in [9.17, 15) is 14.4 Å². The Morgan fingerprint density at radius 1 is 1.10 bits per heavy atom. The Morgan fingerprint density at radius 2 is 1.85 bits per heavy atom. The number of amides is 2. The summed E-state index contributed by atoms with van der Waals surface area (Å²) in [5.74, 6) is 0.156. The zero-order valence-electron chi connectivity index (χ0n) is 25.1. The standard InChI is InChI=1S/C33H48N4O3S/c1-23(2)25-13-15-29-30(20-25)41-32(35-29)22-26(21-31(39)34-3)33(40)36-28(24-10-5-6-11-24)16-14-27(38)12-9-19-37-17-7-4-8-18-37/h9,12-13,15,20,23-24,26,28H,4-8,10-11,14,16-19,21-22H2,1-3H3,(H,34,39)(H,36,40)/b12-9+/t26-,28+/m0/s1. The minimum absolute atomic E-state index is 0.0550. The largest absolute Gasteiger partial charge is 0.359 e. The van der Waals surface area contributed by atoms with Crippen molar-refractivity contribution in [3.05, 3.63) is 40.9 Å². The summed E-state index contributed by atoms with van der Waals surface area (Å²) in [5.41, 5.74) is 2.20. The Kier molecular flexibility index (Phi) is 11.9. The van der Waals surface area contributed by atoms with Crippen LogP contribution in [-0.4, -0.2) is 60.2 Å². The molecular weight excluding hydrogens is 532 g/mol. The van der Waals surface area contributed by atoms with E-state index >= 15 is 0 Å². The maximum atomic E-state index is 13.7. The van der Waals surface area contributed by atoms with Crippen molar-refractivity contribution in [2.45, 2.75) is 96.4 Å². The van der Waals surface area contributed by atoms with E-state index < -0.39 is 5.92 Å². The molecule has 2 aliphatic rings. The lowest BCUT2D eigenvalue weighted by Gasteiger charge is -2.27. The first-order valence-corrected chi connectivity index (χ1v) is 16.5. The summed E-state index contributed by atoms with van der Waals surface area (Å²) in [6.45, 7) is 7.41. The van der Waals surface area contributed by atoms with Gasteiger partial charge in [0, 0.05) is 38.9 Å². The number of hydrogen-bond donors (Lipinski definition) is 2. The fourth-order valence-corrected chi connectivity index (χ4v) is 7.27. The molecule has 0 bridgehead atoms. The van der Waals surface area contributed by atoms with Gasteiger partial charge in [0.05, 0.1) is 21.1 Å². The number of carbonyl (C=O) groups excluding carboxylic acids is 3. The number of carbonyl (C=O) groups is 3. The van der Waals surface area contributed by atoms with Gasteiger partial charge in [-0.15, -0.1) is 11.3 Å². The molecule has 2 atom stereocenters. The summed E-state index contributed by atoms with van der Waals surface area (Å²) < 4.78 is 1.11. The van der Waals surface area contributed by atoms with Crippen molar-refractivity contribution in [3.8, 4) is 0 Å². The first-order valence-electron chi connectivity index (χ1n) is 15.6. The SMILES string of the molecule is CNC(=O)C[C@@H](Cc1nc2ccc(C(C)C)cc2s1)C(=O)N[C@H](CCC(=O)/C=C/CN1CCCCC1)C1CCCC1. The third kappa shape index (κ3) is 9.47. The van der Waals surface area contributed by atoms with Gasteiger partial charge in [-0.2, -0.15) is 0 Å². The smallest absolute Gasteiger partial charge is 0.224 e. The molecule has 1 aromatic carbocycles. The average molecular weight is 581 g/mol. The average Bonchev–Trinajstić information content (AvgIpc) is 3.65. The molecule has 1 aliphatic carbocycles. The molecule has 2 amide bonds. The number of aromatic nitrogens is 1. The minimum atomic E-state index is -0.510. The number of nitrogens with one attached hydrogen (secondary N) is 2.